The molecule has 43 heavy (non-hydrogen) atoms. The van der Waals surface area contributed by atoms with Gasteiger partial charge in [0.15, 0.2) is 0 Å². The predicted molar refractivity (Wildman–Crippen MR) is 177 cm³/mol. The summed E-state index contributed by atoms with van der Waals surface area (Å²) in [6.07, 6.45) is 6.06. The maximum absolute atomic E-state index is 12.3. The Kier molecular flexibility index (Phi) is 10.1. The van der Waals surface area contributed by atoms with Gasteiger partial charge >= 0.3 is 5.97 Å². The number of thiophene rings is 1. The lowest BCUT2D eigenvalue weighted by molar-refractivity contribution is 0.0498. The molecular formula is C34H31N5O2S2. The number of rotatable bonds is 12. The third-order valence-corrected chi connectivity index (χ3v) is 8.79. The number of carbonyl (C=O) groups excluding carboxylic acids is 1. The number of unbranched alkanes of at least 4 members (excludes halogenated alkanes) is 3. The normalized spacial score (nSPS) is 11.6. The van der Waals surface area contributed by atoms with Gasteiger partial charge in [-0.25, -0.2) is 9.78 Å². The molecule has 0 amide bonds. The molecule has 0 aliphatic carbocycles. The van der Waals surface area contributed by atoms with Crippen LogP contribution in [0.2, 0.25) is 0 Å². The molecule has 5 aromatic rings. The summed E-state index contributed by atoms with van der Waals surface area (Å²) in [4.78, 5) is 20.8. The number of anilines is 2. The first-order valence-corrected chi connectivity index (χ1v) is 15.8. The molecule has 0 spiro atoms. The van der Waals surface area contributed by atoms with Crippen LogP contribution < -0.4 is 4.90 Å². The van der Waals surface area contributed by atoms with E-state index in [0.717, 1.165) is 62.7 Å². The van der Waals surface area contributed by atoms with Gasteiger partial charge in [-0.2, -0.15) is 5.26 Å². The lowest BCUT2D eigenvalue weighted by atomic mass is 10.0. The highest BCUT2D eigenvalue weighted by atomic mass is 32.1. The van der Waals surface area contributed by atoms with Crippen LogP contribution in [0.4, 0.5) is 22.2 Å². The molecule has 0 atom stereocenters. The first kappa shape index (κ1) is 29.8. The van der Waals surface area contributed by atoms with E-state index in [1.54, 1.807) is 24.3 Å². The van der Waals surface area contributed by atoms with Gasteiger partial charge in [-0.15, -0.1) is 21.6 Å². The van der Waals surface area contributed by atoms with Crippen molar-refractivity contribution in [1.29, 1.82) is 5.26 Å². The average Bonchev–Trinajstić information content (AvgIpc) is 3.61. The van der Waals surface area contributed by atoms with E-state index in [2.05, 4.69) is 45.2 Å². The minimum absolute atomic E-state index is 0.337. The van der Waals surface area contributed by atoms with Crippen LogP contribution in [0.3, 0.4) is 0 Å². The fraction of sp³-hybridized carbons (Fsp3) is 0.206. The number of hydrogen-bond acceptors (Lipinski definition) is 9. The van der Waals surface area contributed by atoms with E-state index in [9.17, 15) is 10.1 Å². The number of ether oxygens (including phenoxy) is 1. The minimum Gasteiger partial charge on any atom is -0.462 e. The highest BCUT2D eigenvalue weighted by molar-refractivity contribution is 7.29. The summed E-state index contributed by atoms with van der Waals surface area (Å²) in [5, 5.41) is 19.1. The summed E-state index contributed by atoms with van der Waals surface area (Å²) in [5.41, 5.74) is 4.65. The fourth-order valence-electron chi connectivity index (χ4n) is 4.38. The molecule has 0 saturated carbocycles. The van der Waals surface area contributed by atoms with E-state index in [4.69, 9.17) is 4.74 Å². The molecule has 0 saturated heterocycles. The summed E-state index contributed by atoms with van der Waals surface area (Å²) >= 11 is 2.95. The molecule has 9 heteroatoms. The first-order valence-electron chi connectivity index (χ1n) is 14.1. The average molecular weight is 606 g/mol. The lowest BCUT2D eigenvalue weighted by Crippen LogP contribution is -2.08. The molecule has 0 N–H and O–H groups in total. The number of thiazole rings is 1. The van der Waals surface area contributed by atoms with Gasteiger partial charge in [0.1, 0.15) is 4.83 Å². The second kappa shape index (κ2) is 14.5. The van der Waals surface area contributed by atoms with Crippen LogP contribution >= 0.6 is 22.7 Å². The molecule has 3 aromatic carbocycles. The fourth-order valence-corrected chi connectivity index (χ4v) is 6.37. The maximum Gasteiger partial charge on any atom is 0.338 e. The Labute approximate surface area is 259 Å². The Morgan fingerprint density at radius 1 is 0.930 bits per heavy atom. The van der Waals surface area contributed by atoms with E-state index in [0.29, 0.717) is 22.9 Å². The smallest absolute Gasteiger partial charge is 0.338 e. The molecule has 0 aliphatic rings. The highest BCUT2D eigenvalue weighted by Gasteiger charge is 2.11. The van der Waals surface area contributed by atoms with Crippen molar-refractivity contribution in [3.8, 4) is 6.07 Å². The number of benzene rings is 3. The molecule has 2 heterocycles. The molecular weight excluding hydrogens is 575 g/mol. The Morgan fingerprint density at radius 2 is 1.65 bits per heavy atom. The summed E-state index contributed by atoms with van der Waals surface area (Å²) in [6, 6.07) is 29.3. The molecule has 5 rings (SSSR count). The third kappa shape index (κ3) is 7.80. The SMILES string of the molecule is CCCCCCOC(=O)c1ccc(/C(C#N)=C/c2cc3sc(/N=N/c4ccc(N(C)c5ccccc5)cc4)nc3s2)cc1. The maximum atomic E-state index is 12.3. The van der Waals surface area contributed by atoms with Crippen LogP contribution in [0, 0.1) is 11.3 Å². The molecule has 0 radical (unpaired) electrons. The zero-order chi connectivity index (χ0) is 30.0. The second-order valence-corrected chi connectivity index (χ2v) is 11.9. The largest absolute Gasteiger partial charge is 0.462 e. The molecule has 0 bridgehead atoms. The van der Waals surface area contributed by atoms with Crippen molar-refractivity contribution < 1.29 is 9.53 Å². The van der Waals surface area contributed by atoms with Gasteiger partial charge in [0.05, 0.1) is 34.2 Å². The van der Waals surface area contributed by atoms with Crippen molar-refractivity contribution in [1.82, 2.24) is 4.98 Å². The Morgan fingerprint density at radius 3 is 2.35 bits per heavy atom. The summed E-state index contributed by atoms with van der Waals surface area (Å²) in [7, 11) is 2.03. The molecule has 216 valence electrons. The third-order valence-electron chi connectivity index (χ3n) is 6.80. The van der Waals surface area contributed by atoms with Crippen LogP contribution in [0.15, 0.2) is 95.2 Å². The van der Waals surface area contributed by atoms with Crippen LogP contribution in [0.5, 0.6) is 0 Å². The van der Waals surface area contributed by atoms with Gasteiger partial charge < -0.3 is 9.64 Å². The van der Waals surface area contributed by atoms with Crippen LogP contribution in [-0.4, -0.2) is 24.6 Å². The van der Waals surface area contributed by atoms with E-state index in [1.165, 1.54) is 22.7 Å². The van der Waals surface area contributed by atoms with Crippen LogP contribution in [-0.2, 0) is 4.74 Å². The molecule has 0 fully saturated rings. The summed E-state index contributed by atoms with van der Waals surface area (Å²) in [6.45, 7) is 2.57. The van der Waals surface area contributed by atoms with Gasteiger partial charge in [0, 0.05) is 23.3 Å². The number of nitriles is 1. The van der Waals surface area contributed by atoms with Crippen molar-refractivity contribution in [2.45, 2.75) is 32.6 Å². The number of carbonyl (C=O) groups is 1. The Hall–Kier alpha value is -4.65. The van der Waals surface area contributed by atoms with Crippen molar-refractivity contribution in [3.63, 3.8) is 0 Å². The van der Waals surface area contributed by atoms with Gasteiger partial charge in [-0.1, -0.05) is 67.9 Å². The minimum atomic E-state index is -0.337. The van der Waals surface area contributed by atoms with Crippen molar-refractivity contribution in [2.24, 2.45) is 10.2 Å². The highest BCUT2D eigenvalue weighted by Crippen LogP contribution is 2.36. The predicted octanol–water partition coefficient (Wildman–Crippen LogP) is 10.3. The standard InChI is InChI=1S/C34H31N5O2S2/c1-3-4-5-9-20-41-33(40)25-14-12-24(13-15-25)26(23-35)21-30-22-31-32(42-30)36-34(43-31)38-37-27-16-18-29(19-17-27)39(2)28-10-7-6-8-11-28/h6-8,10-19,21-22H,3-5,9,20H2,1-2H3/b26-21+,38-37+. The zero-order valence-electron chi connectivity index (χ0n) is 24.1. The van der Waals surface area contributed by atoms with Crippen molar-refractivity contribution >= 4 is 72.0 Å². The lowest BCUT2D eigenvalue weighted by Gasteiger charge is -2.19. The van der Waals surface area contributed by atoms with Crippen molar-refractivity contribution in [3.05, 3.63) is 101 Å². The number of fused-ring (bicyclic) bond motifs is 1. The van der Waals surface area contributed by atoms with E-state index >= 15 is 0 Å². The Balaban J connectivity index is 1.21. The van der Waals surface area contributed by atoms with Crippen LogP contribution in [0.25, 0.3) is 21.2 Å². The first-order chi connectivity index (χ1) is 21.0. The van der Waals surface area contributed by atoms with Gasteiger partial charge in [-0.3, -0.25) is 0 Å². The molecule has 2 aromatic heterocycles. The summed E-state index contributed by atoms with van der Waals surface area (Å²) < 4.78 is 6.35. The monoisotopic (exact) mass is 605 g/mol. The quantitative estimate of drug-likeness (QED) is 0.0611. The molecule has 7 nitrogen and oxygen atoms in total. The van der Waals surface area contributed by atoms with Crippen LogP contribution in [0.1, 0.15) is 53.4 Å². The van der Waals surface area contributed by atoms with E-state index in [-0.39, 0.29) is 5.97 Å². The number of aromatic nitrogens is 1. The summed E-state index contributed by atoms with van der Waals surface area (Å²) in [5.74, 6) is -0.337. The second-order valence-electron chi connectivity index (χ2n) is 9.87. The number of para-hydroxylation sites is 1. The number of esters is 1. The Bertz CT molecular complexity index is 1730. The van der Waals surface area contributed by atoms with Gasteiger partial charge in [0.25, 0.3) is 0 Å². The molecule has 0 aliphatic heterocycles. The van der Waals surface area contributed by atoms with E-state index < -0.39 is 0 Å². The van der Waals surface area contributed by atoms with Crippen molar-refractivity contribution in [2.75, 3.05) is 18.6 Å². The molecule has 0 unspecified atom stereocenters. The number of azo groups is 1. The van der Waals surface area contributed by atoms with Gasteiger partial charge in [-0.05, 0) is 72.7 Å². The number of allylic oxidation sites excluding steroid dienone is 1. The number of nitrogens with zero attached hydrogens (tertiary/aromatic N) is 5. The number of hydrogen-bond donors (Lipinski definition) is 0. The topological polar surface area (TPSA) is 90.9 Å². The van der Waals surface area contributed by atoms with E-state index in [1.807, 2.05) is 61.7 Å². The zero-order valence-corrected chi connectivity index (χ0v) is 25.7. The van der Waals surface area contributed by atoms with Gasteiger partial charge in [0.2, 0.25) is 5.13 Å².